The van der Waals surface area contributed by atoms with Crippen molar-refractivity contribution in [3.05, 3.63) is 11.8 Å². The standard InChI is InChI=1S/C8H15N3Si/c1-6-5-7(12(2,3)4)11-8(9)10-6/h5H,1-4H3,(H2,9,10,11). The summed E-state index contributed by atoms with van der Waals surface area (Å²) < 4.78 is 0. The van der Waals surface area contributed by atoms with Crippen LogP contribution in [0, 0.1) is 6.92 Å². The van der Waals surface area contributed by atoms with Gasteiger partial charge in [0, 0.05) is 11.0 Å². The Morgan fingerprint density at radius 3 is 2.25 bits per heavy atom. The number of hydrogen-bond acceptors (Lipinski definition) is 3. The van der Waals surface area contributed by atoms with Gasteiger partial charge in [0.15, 0.2) is 0 Å². The van der Waals surface area contributed by atoms with Crippen molar-refractivity contribution >= 4 is 19.3 Å². The number of nitrogens with two attached hydrogens (primary N) is 1. The van der Waals surface area contributed by atoms with Crippen LogP contribution >= 0.6 is 0 Å². The lowest BCUT2D eigenvalue weighted by atomic mass is 10.5. The number of rotatable bonds is 1. The summed E-state index contributed by atoms with van der Waals surface area (Å²) in [5, 5.41) is 1.13. The lowest BCUT2D eigenvalue weighted by Crippen LogP contribution is -2.40. The van der Waals surface area contributed by atoms with Gasteiger partial charge < -0.3 is 5.73 Å². The van der Waals surface area contributed by atoms with Gasteiger partial charge in [-0.05, 0) is 13.0 Å². The van der Waals surface area contributed by atoms with E-state index in [1.54, 1.807) is 0 Å². The third kappa shape index (κ3) is 2.04. The fourth-order valence-electron chi connectivity index (χ4n) is 0.976. The lowest BCUT2D eigenvalue weighted by Gasteiger charge is -2.15. The summed E-state index contributed by atoms with van der Waals surface area (Å²) >= 11 is 0. The molecule has 0 aliphatic carbocycles. The number of aryl methyl sites for hydroxylation is 1. The summed E-state index contributed by atoms with van der Waals surface area (Å²) in [7, 11) is -1.33. The van der Waals surface area contributed by atoms with E-state index in [-0.39, 0.29) is 0 Å². The minimum atomic E-state index is -1.33. The second-order valence-corrected chi connectivity index (χ2v) is 9.02. The van der Waals surface area contributed by atoms with Gasteiger partial charge in [0.05, 0.1) is 0 Å². The predicted octanol–water partition coefficient (Wildman–Crippen LogP) is 0.912. The molecular formula is C8H15N3Si. The Morgan fingerprint density at radius 1 is 1.25 bits per heavy atom. The molecule has 0 atom stereocenters. The largest absolute Gasteiger partial charge is 0.368 e. The van der Waals surface area contributed by atoms with Gasteiger partial charge in [0.2, 0.25) is 5.95 Å². The fraction of sp³-hybridized carbons (Fsp3) is 0.500. The molecular weight excluding hydrogens is 166 g/mol. The van der Waals surface area contributed by atoms with Crippen LogP contribution in [0.2, 0.25) is 19.6 Å². The van der Waals surface area contributed by atoms with E-state index in [0.717, 1.165) is 11.0 Å². The quantitative estimate of drug-likeness (QED) is 0.655. The van der Waals surface area contributed by atoms with Crippen LogP contribution in [-0.4, -0.2) is 18.0 Å². The predicted molar refractivity (Wildman–Crippen MR) is 54.2 cm³/mol. The average molecular weight is 181 g/mol. The summed E-state index contributed by atoms with van der Waals surface area (Å²) in [5.41, 5.74) is 6.51. The highest BCUT2D eigenvalue weighted by Crippen LogP contribution is 2.02. The Balaban J connectivity index is 3.18. The van der Waals surface area contributed by atoms with E-state index in [0.29, 0.717) is 5.95 Å². The molecule has 66 valence electrons. The fourth-order valence-corrected chi connectivity index (χ4v) is 2.07. The van der Waals surface area contributed by atoms with Crippen LogP contribution < -0.4 is 11.1 Å². The molecule has 1 aromatic rings. The molecule has 0 aliphatic heterocycles. The second kappa shape index (κ2) is 2.86. The molecule has 0 fully saturated rings. The van der Waals surface area contributed by atoms with E-state index in [2.05, 4.69) is 29.6 Å². The molecule has 1 heterocycles. The maximum absolute atomic E-state index is 5.56. The summed E-state index contributed by atoms with van der Waals surface area (Å²) in [5.74, 6) is 0.396. The van der Waals surface area contributed by atoms with Crippen LogP contribution in [0.15, 0.2) is 6.07 Å². The third-order valence-electron chi connectivity index (χ3n) is 1.64. The van der Waals surface area contributed by atoms with Gasteiger partial charge in [0.1, 0.15) is 8.07 Å². The van der Waals surface area contributed by atoms with E-state index in [9.17, 15) is 0 Å². The van der Waals surface area contributed by atoms with Gasteiger partial charge in [-0.25, -0.2) is 9.97 Å². The molecule has 4 heteroatoms. The molecule has 12 heavy (non-hydrogen) atoms. The highest BCUT2D eigenvalue weighted by Gasteiger charge is 2.18. The highest BCUT2D eigenvalue weighted by atomic mass is 28.3. The topological polar surface area (TPSA) is 51.8 Å². The van der Waals surface area contributed by atoms with Crippen molar-refractivity contribution in [2.45, 2.75) is 26.6 Å². The molecule has 3 nitrogen and oxygen atoms in total. The van der Waals surface area contributed by atoms with E-state index >= 15 is 0 Å². The lowest BCUT2D eigenvalue weighted by molar-refractivity contribution is 1.14. The first-order chi connectivity index (χ1) is 5.39. The molecule has 0 spiro atoms. The SMILES string of the molecule is Cc1cc([Si](C)(C)C)nc(N)n1. The van der Waals surface area contributed by atoms with Gasteiger partial charge in [-0.2, -0.15) is 0 Å². The van der Waals surface area contributed by atoms with Crippen LogP contribution in [0.1, 0.15) is 5.69 Å². The van der Waals surface area contributed by atoms with Crippen LogP contribution in [0.5, 0.6) is 0 Å². The Hall–Kier alpha value is -0.903. The molecule has 2 N–H and O–H groups in total. The first-order valence-corrected chi connectivity index (χ1v) is 7.51. The van der Waals surface area contributed by atoms with Crippen molar-refractivity contribution < 1.29 is 0 Å². The maximum Gasteiger partial charge on any atom is 0.220 e. The van der Waals surface area contributed by atoms with Gasteiger partial charge in [-0.1, -0.05) is 19.6 Å². The van der Waals surface area contributed by atoms with E-state index in [4.69, 9.17) is 5.73 Å². The second-order valence-electron chi connectivity index (χ2n) is 4.00. The van der Waals surface area contributed by atoms with E-state index < -0.39 is 8.07 Å². The Bertz CT molecular complexity index is 271. The molecule has 0 saturated heterocycles. The molecule has 0 saturated carbocycles. The molecule has 0 amide bonds. The Kier molecular flexibility index (Phi) is 2.19. The third-order valence-corrected chi connectivity index (χ3v) is 3.43. The number of hydrogen-bond donors (Lipinski definition) is 1. The molecule has 0 radical (unpaired) electrons. The first-order valence-electron chi connectivity index (χ1n) is 4.01. The number of nitrogens with zero attached hydrogens (tertiary/aromatic N) is 2. The summed E-state index contributed by atoms with van der Waals surface area (Å²) in [6.45, 7) is 8.68. The van der Waals surface area contributed by atoms with Crippen molar-refractivity contribution in [3.63, 3.8) is 0 Å². The Morgan fingerprint density at radius 2 is 1.83 bits per heavy atom. The van der Waals surface area contributed by atoms with Crippen molar-refractivity contribution in [1.82, 2.24) is 9.97 Å². The minimum Gasteiger partial charge on any atom is -0.368 e. The van der Waals surface area contributed by atoms with Gasteiger partial charge in [-0.15, -0.1) is 0 Å². The molecule has 0 aliphatic rings. The smallest absolute Gasteiger partial charge is 0.220 e. The maximum atomic E-state index is 5.56. The highest BCUT2D eigenvalue weighted by molar-refractivity contribution is 6.88. The zero-order valence-corrected chi connectivity index (χ0v) is 9.05. The summed E-state index contributed by atoms with van der Waals surface area (Å²) in [4.78, 5) is 8.27. The van der Waals surface area contributed by atoms with Gasteiger partial charge in [-0.3, -0.25) is 0 Å². The zero-order valence-electron chi connectivity index (χ0n) is 8.05. The van der Waals surface area contributed by atoms with E-state index in [1.165, 1.54) is 0 Å². The average Bonchev–Trinajstić information content (AvgIpc) is 1.82. The Labute approximate surface area is 74.1 Å². The van der Waals surface area contributed by atoms with Crippen LogP contribution in [0.3, 0.4) is 0 Å². The molecule has 1 rings (SSSR count). The van der Waals surface area contributed by atoms with Crippen molar-refractivity contribution in [1.29, 1.82) is 0 Å². The van der Waals surface area contributed by atoms with Crippen LogP contribution in [-0.2, 0) is 0 Å². The van der Waals surface area contributed by atoms with Crippen molar-refractivity contribution in [3.8, 4) is 0 Å². The van der Waals surface area contributed by atoms with E-state index in [1.807, 2.05) is 13.0 Å². The van der Waals surface area contributed by atoms with Crippen molar-refractivity contribution in [2.24, 2.45) is 0 Å². The first kappa shape index (κ1) is 9.19. The monoisotopic (exact) mass is 181 g/mol. The number of aromatic nitrogens is 2. The van der Waals surface area contributed by atoms with Crippen molar-refractivity contribution in [2.75, 3.05) is 5.73 Å². The summed E-state index contributed by atoms with van der Waals surface area (Å²) in [6, 6.07) is 2.03. The number of nitrogen functional groups attached to an aromatic ring is 1. The normalized spacial score (nSPS) is 11.7. The molecule has 0 unspecified atom stereocenters. The molecule has 0 aromatic carbocycles. The minimum absolute atomic E-state index is 0.396. The molecule has 0 bridgehead atoms. The van der Waals surface area contributed by atoms with Crippen LogP contribution in [0.25, 0.3) is 0 Å². The van der Waals surface area contributed by atoms with Gasteiger partial charge >= 0.3 is 0 Å². The molecule has 1 aromatic heterocycles. The zero-order chi connectivity index (χ0) is 9.35. The summed E-state index contributed by atoms with van der Waals surface area (Å²) in [6.07, 6.45) is 0. The number of anilines is 1. The van der Waals surface area contributed by atoms with Crippen LogP contribution in [0.4, 0.5) is 5.95 Å². The van der Waals surface area contributed by atoms with Gasteiger partial charge in [0.25, 0.3) is 0 Å².